The predicted molar refractivity (Wildman–Crippen MR) is 112 cm³/mol. The van der Waals surface area contributed by atoms with Gasteiger partial charge in [0.2, 0.25) is 5.91 Å². The molecule has 0 bridgehead atoms. The first-order chi connectivity index (χ1) is 14.1. The summed E-state index contributed by atoms with van der Waals surface area (Å²) in [7, 11) is 1.74. The molecule has 0 radical (unpaired) electrons. The van der Waals surface area contributed by atoms with Crippen molar-refractivity contribution in [1.82, 2.24) is 14.4 Å². The number of aromatic nitrogens is 1. The van der Waals surface area contributed by atoms with Gasteiger partial charge in [-0.05, 0) is 31.7 Å². The highest BCUT2D eigenvalue weighted by atomic mass is 16.2. The van der Waals surface area contributed by atoms with E-state index >= 15 is 0 Å². The van der Waals surface area contributed by atoms with Gasteiger partial charge in [0.05, 0.1) is 5.56 Å². The van der Waals surface area contributed by atoms with Gasteiger partial charge >= 0.3 is 0 Å². The molecule has 1 aliphatic heterocycles. The van der Waals surface area contributed by atoms with Crippen molar-refractivity contribution in [2.24, 2.45) is 0 Å². The molecule has 0 N–H and O–H groups in total. The maximum absolute atomic E-state index is 13.1. The van der Waals surface area contributed by atoms with Crippen molar-refractivity contribution in [3.05, 3.63) is 36.0 Å². The Morgan fingerprint density at radius 3 is 2.41 bits per heavy atom. The fourth-order valence-corrected chi connectivity index (χ4v) is 4.68. The molecule has 1 saturated heterocycles. The van der Waals surface area contributed by atoms with Gasteiger partial charge < -0.3 is 14.4 Å². The molecule has 4 rings (SSSR count). The van der Waals surface area contributed by atoms with Crippen molar-refractivity contribution in [2.45, 2.75) is 57.5 Å². The van der Waals surface area contributed by atoms with Crippen LogP contribution in [0, 0.1) is 0 Å². The van der Waals surface area contributed by atoms with E-state index in [2.05, 4.69) is 0 Å². The van der Waals surface area contributed by atoms with Gasteiger partial charge in [-0.1, -0.05) is 37.5 Å². The van der Waals surface area contributed by atoms with E-state index in [-0.39, 0.29) is 18.5 Å². The lowest BCUT2D eigenvalue weighted by molar-refractivity contribution is -0.130. The third-order valence-electron chi connectivity index (χ3n) is 6.43. The summed E-state index contributed by atoms with van der Waals surface area (Å²) in [5.74, 6) is -0.875. The number of nitrogens with zero attached hydrogens (tertiary/aromatic N) is 3. The molecule has 6 heteroatoms. The lowest BCUT2D eigenvalue weighted by Gasteiger charge is -2.30. The van der Waals surface area contributed by atoms with Crippen molar-refractivity contribution >= 4 is 28.5 Å². The van der Waals surface area contributed by atoms with Gasteiger partial charge in [0.25, 0.3) is 11.7 Å². The number of likely N-dealkylation sites (N-methyl/N-ethyl adjacent to an activating group) is 1. The number of rotatable bonds is 5. The molecule has 29 heavy (non-hydrogen) atoms. The van der Waals surface area contributed by atoms with Crippen LogP contribution in [0.5, 0.6) is 0 Å². The van der Waals surface area contributed by atoms with E-state index < -0.39 is 11.7 Å². The van der Waals surface area contributed by atoms with Gasteiger partial charge in [0.1, 0.15) is 6.54 Å². The number of carbonyl (C=O) groups is 3. The van der Waals surface area contributed by atoms with E-state index in [1.807, 2.05) is 33.7 Å². The summed E-state index contributed by atoms with van der Waals surface area (Å²) in [5, 5.41) is 0.733. The lowest BCUT2D eigenvalue weighted by Crippen LogP contribution is -2.42. The third-order valence-corrected chi connectivity index (χ3v) is 6.43. The van der Waals surface area contributed by atoms with Gasteiger partial charge in [-0.15, -0.1) is 0 Å². The van der Waals surface area contributed by atoms with Crippen molar-refractivity contribution < 1.29 is 14.4 Å². The zero-order valence-corrected chi connectivity index (χ0v) is 17.1. The van der Waals surface area contributed by atoms with Gasteiger partial charge in [-0.3, -0.25) is 14.4 Å². The maximum Gasteiger partial charge on any atom is 0.295 e. The molecule has 1 aromatic heterocycles. The molecule has 1 saturated carbocycles. The molecule has 1 aromatic carbocycles. The molecular weight excluding hydrogens is 366 g/mol. The molecule has 2 heterocycles. The molecule has 0 atom stereocenters. The standard InChI is InChI=1S/C23H29N3O3/c1-24(17-9-3-2-4-10-17)23(29)22(28)19-15-26(20-12-6-5-11-18(19)20)16-21(27)25-13-7-8-14-25/h5-6,11-12,15,17H,2-4,7-10,13-14,16H2,1H3. The Morgan fingerprint density at radius 2 is 1.69 bits per heavy atom. The first kappa shape index (κ1) is 19.7. The average molecular weight is 396 g/mol. The summed E-state index contributed by atoms with van der Waals surface area (Å²) < 4.78 is 1.82. The number of ketones is 1. The molecule has 0 spiro atoms. The zero-order valence-electron chi connectivity index (χ0n) is 17.1. The van der Waals surface area contributed by atoms with Crippen LogP contribution < -0.4 is 0 Å². The van der Waals surface area contributed by atoms with Crippen LogP contribution in [0.15, 0.2) is 30.5 Å². The fourth-order valence-electron chi connectivity index (χ4n) is 4.68. The highest BCUT2D eigenvalue weighted by molar-refractivity contribution is 6.44. The Labute approximate surface area is 171 Å². The van der Waals surface area contributed by atoms with Gasteiger partial charge in [-0.2, -0.15) is 0 Å². The van der Waals surface area contributed by atoms with Crippen molar-refractivity contribution in [3.63, 3.8) is 0 Å². The number of fused-ring (bicyclic) bond motifs is 1. The van der Waals surface area contributed by atoms with Crippen LogP contribution >= 0.6 is 0 Å². The van der Waals surface area contributed by atoms with Crippen LogP contribution in [-0.2, 0) is 16.1 Å². The van der Waals surface area contributed by atoms with Crippen LogP contribution in [-0.4, -0.2) is 58.1 Å². The summed E-state index contributed by atoms with van der Waals surface area (Å²) in [6, 6.07) is 7.65. The number of carbonyl (C=O) groups excluding carboxylic acids is 3. The Bertz CT molecular complexity index is 921. The molecule has 6 nitrogen and oxygen atoms in total. The second-order valence-corrected chi connectivity index (χ2v) is 8.31. The lowest BCUT2D eigenvalue weighted by atomic mass is 9.94. The number of hydrogen-bond acceptors (Lipinski definition) is 3. The number of likely N-dealkylation sites (tertiary alicyclic amines) is 1. The third kappa shape index (κ3) is 3.93. The smallest absolute Gasteiger partial charge is 0.295 e. The van der Waals surface area contributed by atoms with E-state index in [4.69, 9.17) is 0 Å². The second-order valence-electron chi connectivity index (χ2n) is 8.31. The maximum atomic E-state index is 13.1. The van der Waals surface area contributed by atoms with Gasteiger partial charge in [0.15, 0.2) is 0 Å². The predicted octanol–water partition coefficient (Wildman–Crippen LogP) is 3.24. The zero-order chi connectivity index (χ0) is 20.4. The monoisotopic (exact) mass is 395 g/mol. The number of benzene rings is 1. The minimum atomic E-state index is -0.485. The molecule has 154 valence electrons. The summed E-state index contributed by atoms with van der Waals surface area (Å²) in [6.07, 6.45) is 9.11. The number of para-hydroxylation sites is 1. The SMILES string of the molecule is CN(C(=O)C(=O)c1cn(CC(=O)N2CCCC2)c2ccccc12)C1CCCCC1. The van der Waals surface area contributed by atoms with Gasteiger partial charge in [0, 0.05) is 43.3 Å². The van der Waals surface area contributed by atoms with Crippen molar-refractivity contribution in [2.75, 3.05) is 20.1 Å². The number of amides is 2. The second kappa shape index (κ2) is 8.39. The minimum absolute atomic E-state index is 0.0629. The Morgan fingerprint density at radius 1 is 1.00 bits per heavy atom. The van der Waals surface area contributed by atoms with Crippen LogP contribution in [0.25, 0.3) is 10.9 Å². The summed E-state index contributed by atoms with van der Waals surface area (Å²) in [4.78, 5) is 42.1. The van der Waals surface area contributed by atoms with E-state index in [0.29, 0.717) is 5.56 Å². The fraction of sp³-hybridized carbons (Fsp3) is 0.522. The quantitative estimate of drug-likeness (QED) is 0.577. The number of hydrogen-bond donors (Lipinski definition) is 0. The first-order valence-corrected chi connectivity index (χ1v) is 10.7. The van der Waals surface area contributed by atoms with Crippen LogP contribution in [0.4, 0.5) is 0 Å². The van der Waals surface area contributed by atoms with E-state index in [0.717, 1.165) is 62.5 Å². The molecule has 2 aliphatic rings. The molecule has 2 fully saturated rings. The summed E-state index contributed by atoms with van der Waals surface area (Å²) in [6.45, 7) is 1.80. The number of Topliss-reactive ketones (excluding diaryl/α,β-unsaturated/α-hetero) is 1. The van der Waals surface area contributed by atoms with Gasteiger partial charge in [-0.25, -0.2) is 0 Å². The first-order valence-electron chi connectivity index (χ1n) is 10.7. The molecular formula is C23H29N3O3. The normalized spacial score (nSPS) is 17.6. The van der Waals surface area contributed by atoms with Crippen LogP contribution in [0.2, 0.25) is 0 Å². The highest BCUT2D eigenvalue weighted by Crippen LogP contribution is 2.25. The van der Waals surface area contributed by atoms with Crippen LogP contribution in [0.3, 0.4) is 0 Å². The Kier molecular flexibility index (Phi) is 5.69. The van der Waals surface area contributed by atoms with E-state index in [1.54, 1.807) is 18.1 Å². The molecule has 1 aliphatic carbocycles. The largest absolute Gasteiger partial charge is 0.341 e. The molecule has 0 unspecified atom stereocenters. The Balaban J connectivity index is 1.58. The molecule has 2 amide bonds. The average Bonchev–Trinajstić information content (AvgIpc) is 3.42. The van der Waals surface area contributed by atoms with Crippen molar-refractivity contribution in [3.8, 4) is 0 Å². The van der Waals surface area contributed by atoms with Crippen molar-refractivity contribution in [1.29, 1.82) is 0 Å². The summed E-state index contributed by atoms with van der Waals surface area (Å²) >= 11 is 0. The van der Waals surface area contributed by atoms with Crippen LogP contribution in [0.1, 0.15) is 55.3 Å². The summed E-state index contributed by atoms with van der Waals surface area (Å²) in [5.41, 5.74) is 1.21. The van der Waals surface area contributed by atoms with E-state index in [1.165, 1.54) is 6.42 Å². The topological polar surface area (TPSA) is 62.6 Å². The van der Waals surface area contributed by atoms with E-state index in [9.17, 15) is 14.4 Å². The highest BCUT2D eigenvalue weighted by Gasteiger charge is 2.29. The minimum Gasteiger partial charge on any atom is -0.341 e. The Hall–Kier alpha value is -2.63. The molecule has 2 aromatic rings.